The molecular formula is C42H54F2N4O9S. The molecule has 13 nitrogen and oxygen atoms in total. The molecule has 7 rings (SSSR count). The molecule has 0 bridgehead atoms. The molecular weight excluding hydrogens is 775 g/mol. The highest BCUT2D eigenvalue weighted by Crippen LogP contribution is 2.50. The Kier molecular flexibility index (Phi) is 11.1. The molecule has 316 valence electrons. The van der Waals surface area contributed by atoms with Crippen molar-refractivity contribution >= 4 is 44.6 Å². The summed E-state index contributed by atoms with van der Waals surface area (Å²) in [5.41, 5.74) is -2.92. The first-order valence-corrected chi connectivity index (χ1v) is 21.8. The van der Waals surface area contributed by atoms with Crippen LogP contribution in [0.5, 0.6) is 11.5 Å². The van der Waals surface area contributed by atoms with Crippen molar-refractivity contribution in [2.24, 2.45) is 17.3 Å². The highest BCUT2D eigenvalue weighted by molar-refractivity contribution is 7.91. The molecule has 2 aliphatic carbocycles. The van der Waals surface area contributed by atoms with E-state index in [1.165, 1.54) is 12.0 Å². The maximum Gasteiger partial charge on any atom is 0.306 e. The van der Waals surface area contributed by atoms with E-state index in [9.17, 15) is 36.4 Å². The van der Waals surface area contributed by atoms with Gasteiger partial charge in [-0.25, -0.2) is 22.2 Å². The number of halogens is 2. The smallest absolute Gasteiger partial charge is 0.306 e. The molecule has 1 aromatic heterocycles. The van der Waals surface area contributed by atoms with Gasteiger partial charge in [0.1, 0.15) is 28.6 Å². The molecule has 1 spiro atoms. The van der Waals surface area contributed by atoms with Gasteiger partial charge in [0.2, 0.25) is 21.8 Å². The molecule has 1 aromatic carbocycles. The minimum absolute atomic E-state index is 0.109. The van der Waals surface area contributed by atoms with E-state index in [-0.39, 0.29) is 56.4 Å². The predicted molar refractivity (Wildman–Crippen MR) is 209 cm³/mol. The van der Waals surface area contributed by atoms with E-state index in [4.69, 9.17) is 14.2 Å². The second kappa shape index (κ2) is 15.4. The number of fused-ring (bicyclic) bond motifs is 5. The number of alkyl halides is 2. The van der Waals surface area contributed by atoms with E-state index in [0.29, 0.717) is 54.3 Å². The third-order valence-corrected chi connectivity index (χ3v) is 14.6. The Bertz CT molecular complexity index is 2140. The van der Waals surface area contributed by atoms with Crippen molar-refractivity contribution < 1.29 is 50.6 Å². The summed E-state index contributed by atoms with van der Waals surface area (Å²) in [4.78, 5) is 62.3. The van der Waals surface area contributed by atoms with Crippen LogP contribution >= 0.6 is 0 Å². The van der Waals surface area contributed by atoms with Gasteiger partial charge in [-0.3, -0.25) is 23.9 Å². The summed E-state index contributed by atoms with van der Waals surface area (Å²) < 4.78 is 74.6. The first-order chi connectivity index (χ1) is 27.3. The molecule has 3 fully saturated rings. The summed E-state index contributed by atoms with van der Waals surface area (Å²) in [6.45, 7) is 7.31. The van der Waals surface area contributed by atoms with Crippen molar-refractivity contribution in [3.8, 4) is 11.5 Å². The number of hydrogen-bond acceptors (Lipinski definition) is 10. The molecule has 16 heteroatoms. The molecule has 5 aliphatic rings. The van der Waals surface area contributed by atoms with Crippen LogP contribution in [0.4, 0.5) is 8.78 Å². The summed E-state index contributed by atoms with van der Waals surface area (Å²) in [6, 6.07) is 3.71. The van der Waals surface area contributed by atoms with Crippen LogP contribution in [0.3, 0.4) is 0 Å². The summed E-state index contributed by atoms with van der Waals surface area (Å²) in [5.74, 6) is -3.57. The molecule has 4 heterocycles. The van der Waals surface area contributed by atoms with E-state index in [0.717, 1.165) is 12.8 Å². The van der Waals surface area contributed by atoms with Crippen molar-refractivity contribution in [3.63, 3.8) is 0 Å². The summed E-state index contributed by atoms with van der Waals surface area (Å²) in [5, 5.41) is 3.45. The number of sulfonamides is 1. The van der Waals surface area contributed by atoms with Gasteiger partial charge in [-0.1, -0.05) is 45.8 Å². The number of carbonyl (C=O) groups is 4. The van der Waals surface area contributed by atoms with Crippen LogP contribution in [-0.4, -0.2) is 84.2 Å². The molecule has 0 radical (unpaired) electrons. The van der Waals surface area contributed by atoms with Gasteiger partial charge in [0.05, 0.1) is 36.9 Å². The van der Waals surface area contributed by atoms with Gasteiger partial charge in [-0.2, -0.15) is 0 Å². The lowest BCUT2D eigenvalue weighted by Gasteiger charge is -2.37. The number of aromatic nitrogens is 1. The number of carbonyl (C=O) groups excluding carboxylic acids is 4. The second-order valence-electron chi connectivity index (χ2n) is 18.3. The average Bonchev–Trinajstić information content (AvgIpc) is 4.06. The fourth-order valence-electron chi connectivity index (χ4n) is 8.50. The number of ether oxygens (including phenoxy) is 3. The lowest BCUT2D eigenvalue weighted by Crippen LogP contribution is -2.57. The van der Waals surface area contributed by atoms with Gasteiger partial charge in [0, 0.05) is 29.2 Å². The Hall–Kier alpha value is -4.34. The van der Waals surface area contributed by atoms with Gasteiger partial charge in [0.25, 0.3) is 12.3 Å². The van der Waals surface area contributed by atoms with Gasteiger partial charge >= 0.3 is 5.97 Å². The molecule has 0 unspecified atom stereocenters. The van der Waals surface area contributed by atoms with Crippen LogP contribution in [0.1, 0.15) is 116 Å². The van der Waals surface area contributed by atoms with Gasteiger partial charge < -0.3 is 24.4 Å². The number of nitrogens with zero attached hydrogens (tertiary/aromatic N) is 2. The van der Waals surface area contributed by atoms with Crippen LogP contribution in [0.15, 0.2) is 30.4 Å². The van der Waals surface area contributed by atoms with E-state index in [1.807, 2.05) is 32.9 Å². The number of aryl methyl sites for hydroxylation is 1. The second-order valence-corrected chi connectivity index (χ2v) is 20.5. The van der Waals surface area contributed by atoms with Crippen molar-refractivity contribution in [1.82, 2.24) is 19.9 Å². The fourth-order valence-corrected chi connectivity index (χ4v) is 9.81. The SMILES string of the molecule is COc1ccc2nc(C(F)F)c3c(c2c1)CC[C@]1(C[C@H]2C(=O)N[C@]4(C(=O)NS(=O)(=O)C5(C)CC5)C[C@H]4/C=C\CCCCC[C@H](CC(=O)OCC(C)(C)C)C(=O)N2C1)O3. The molecule has 3 aliphatic heterocycles. The molecule has 3 amide bonds. The van der Waals surface area contributed by atoms with E-state index in [2.05, 4.69) is 15.0 Å². The fraction of sp³-hybridized carbons (Fsp3) is 0.643. The number of esters is 1. The number of rotatable bonds is 8. The predicted octanol–water partition coefficient (Wildman–Crippen LogP) is 5.84. The Morgan fingerprint density at radius 2 is 1.88 bits per heavy atom. The lowest BCUT2D eigenvalue weighted by molar-refractivity contribution is -0.152. The largest absolute Gasteiger partial charge is 0.497 e. The topological polar surface area (TPSA) is 170 Å². The molecule has 58 heavy (non-hydrogen) atoms. The Morgan fingerprint density at radius 1 is 1.12 bits per heavy atom. The first kappa shape index (κ1) is 41.8. The normalized spacial score (nSPS) is 28.9. The highest BCUT2D eigenvalue weighted by Gasteiger charge is 2.64. The Morgan fingerprint density at radius 3 is 2.57 bits per heavy atom. The number of hydrogen-bond donors (Lipinski definition) is 2. The monoisotopic (exact) mass is 828 g/mol. The zero-order chi connectivity index (χ0) is 41.8. The van der Waals surface area contributed by atoms with Crippen LogP contribution < -0.4 is 19.5 Å². The number of nitrogens with one attached hydrogen (secondary N) is 2. The maximum atomic E-state index is 14.8. The quantitative estimate of drug-likeness (QED) is 0.244. The summed E-state index contributed by atoms with van der Waals surface area (Å²) >= 11 is 0. The minimum Gasteiger partial charge on any atom is -0.497 e. The van der Waals surface area contributed by atoms with Crippen molar-refractivity contribution in [2.75, 3.05) is 20.3 Å². The van der Waals surface area contributed by atoms with Crippen LogP contribution in [0.2, 0.25) is 0 Å². The standard InChI is InChI=1S/C42H54F2N4O9S/c1-39(2,3)24-56-32(49)19-25-11-9-7-6-8-10-12-26-21-42(26,38(52)47-58(53,54)40(4)17-18-40)46-36(50)31-22-41(23-48(31)37(25)51)16-15-28-29-20-27(55-5)13-14-30(29)45-33(35(43)44)34(28)57-41/h10,12-14,20,25-26,31,35H,6-9,11,15-19,21-24H2,1-5H3,(H,46,50)(H,47,52)/b12-10-/t25-,26-,31+,41-,42-/m1/s1. The number of pyridine rings is 1. The van der Waals surface area contributed by atoms with E-state index >= 15 is 0 Å². The van der Waals surface area contributed by atoms with Crippen molar-refractivity contribution in [1.29, 1.82) is 0 Å². The van der Waals surface area contributed by atoms with Crippen LogP contribution in [-0.2, 0) is 40.4 Å². The highest BCUT2D eigenvalue weighted by atomic mass is 32.2. The average molecular weight is 829 g/mol. The summed E-state index contributed by atoms with van der Waals surface area (Å²) in [6.07, 6.45) is 5.00. The molecule has 5 atom stereocenters. The minimum atomic E-state index is -4.05. The Labute approximate surface area is 338 Å². The van der Waals surface area contributed by atoms with E-state index in [1.54, 1.807) is 25.1 Å². The number of methoxy groups -OCH3 is 1. The van der Waals surface area contributed by atoms with Crippen LogP contribution in [0, 0.1) is 17.3 Å². The van der Waals surface area contributed by atoms with Crippen molar-refractivity contribution in [3.05, 3.63) is 41.6 Å². The zero-order valence-corrected chi connectivity index (χ0v) is 34.6. The first-order valence-electron chi connectivity index (χ1n) is 20.3. The lowest BCUT2D eigenvalue weighted by atomic mass is 9.87. The third kappa shape index (κ3) is 8.26. The third-order valence-electron chi connectivity index (χ3n) is 12.4. The zero-order valence-electron chi connectivity index (χ0n) is 33.8. The molecule has 2 saturated carbocycles. The Balaban J connectivity index is 1.25. The summed E-state index contributed by atoms with van der Waals surface area (Å²) in [7, 11) is -2.55. The molecule has 2 aromatic rings. The van der Waals surface area contributed by atoms with Gasteiger partial charge in [-0.15, -0.1) is 0 Å². The molecule has 2 N–H and O–H groups in total. The van der Waals surface area contributed by atoms with Gasteiger partial charge in [-0.05, 0) is 81.9 Å². The number of amides is 3. The number of benzene rings is 1. The maximum absolute atomic E-state index is 14.8. The van der Waals surface area contributed by atoms with Crippen molar-refractivity contribution in [2.45, 2.75) is 133 Å². The van der Waals surface area contributed by atoms with E-state index < -0.39 is 79.6 Å². The molecule has 1 saturated heterocycles. The number of allylic oxidation sites excluding steroid dienone is 1. The van der Waals surface area contributed by atoms with Crippen LogP contribution in [0.25, 0.3) is 10.9 Å². The van der Waals surface area contributed by atoms with Gasteiger partial charge in [0.15, 0.2) is 5.75 Å².